The van der Waals surface area contributed by atoms with Crippen LogP contribution in [0, 0.1) is 0 Å². The Hall–Kier alpha value is -2.34. The normalized spacial score (nSPS) is 24.2. The number of pyridine rings is 1. The number of piperidine rings is 1. The molecule has 2 fully saturated rings. The fraction of sp³-hybridized carbons (Fsp3) is 0.474. The number of ether oxygens (including phenoxy) is 1. The van der Waals surface area contributed by atoms with Gasteiger partial charge >= 0.3 is 6.09 Å². The van der Waals surface area contributed by atoms with Crippen LogP contribution in [-0.2, 0) is 18.3 Å². The molecule has 2 aromatic rings. The summed E-state index contributed by atoms with van der Waals surface area (Å²) in [6.07, 6.45) is 1.60. The van der Waals surface area contributed by atoms with Gasteiger partial charge in [0.25, 0.3) is 5.56 Å². The molecule has 1 amide bonds. The predicted octanol–water partition coefficient (Wildman–Crippen LogP) is 1.96. The predicted molar refractivity (Wildman–Crippen MR) is 95.5 cm³/mol. The van der Waals surface area contributed by atoms with E-state index in [9.17, 15) is 9.59 Å². The van der Waals surface area contributed by atoms with E-state index in [2.05, 4.69) is 4.90 Å². The molecular weight excluding hydrogens is 318 g/mol. The largest absolute Gasteiger partial charge is 0.440 e. The van der Waals surface area contributed by atoms with Crippen molar-refractivity contribution in [3.63, 3.8) is 0 Å². The average molecular weight is 341 g/mol. The Morgan fingerprint density at radius 2 is 1.96 bits per heavy atom. The third-order valence-electron chi connectivity index (χ3n) is 5.36. The third-order valence-corrected chi connectivity index (χ3v) is 5.36. The monoisotopic (exact) mass is 341 g/mol. The van der Waals surface area contributed by atoms with Gasteiger partial charge in [0.1, 0.15) is 5.60 Å². The molecule has 2 saturated heterocycles. The number of rotatable bonds is 2. The highest BCUT2D eigenvalue weighted by molar-refractivity contribution is 5.79. The van der Waals surface area contributed by atoms with Gasteiger partial charge in [-0.1, -0.05) is 18.2 Å². The SMILES string of the molecule is CN1CC2(CCCN(Cc3cc4ccccc4n(C)c3=O)C2)OC1=O. The lowest BCUT2D eigenvalue weighted by atomic mass is 9.92. The van der Waals surface area contributed by atoms with Crippen LogP contribution in [0.1, 0.15) is 18.4 Å². The number of hydrogen-bond donors (Lipinski definition) is 0. The van der Waals surface area contributed by atoms with Crippen LogP contribution in [0.25, 0.3) is 10.9 Å². The summed E-state index contributed by atoms with van der Waals surface area (Å²) in [6, 6.07) is 9.92. The van der Waals surface area contributed by atoms with Crippen LogP contribution in [0.15, 0.2) is 35.1 Å². The maximum absolute atomic E-state index is 12.7. The first-order valence-electron chi connectivity index (χ1n) is 8.72. The highest BCUT2D eigenvalue weighted by Crippen LogP contribution is 2.31. The average Bonchev–Trinajstić information content (AvgIpc) is 2.85. The van der Waals surface area contributed by atoms with E-state index in [-0.39, 0.29) is 11.7 Å². The molecule has 2 aliphatic heterocycles. The van der Waals surface area contributed by atoms with Gasteiger partial charge in [0, 0.05) is 32.7 Å². The van der Waals surface area contributed by atoms with Gasteiger partial charge in [-0.3, -0.25) is 9.69 Å². The summed E-state index contributed by atoms with van der Waals surface area (Å²) in [4.78, 5) is 28.4. The molecule has 1 aromatic heterocycles. The second-order valence-electron chi connectivity index (χ2n) is 7.31. The number of carbonyl (C=O) groups is 1. The number of aryl methyl sites for hydroxylation is 1. The van der Waals surface area contributed by atoms with Gasteiger partial charge in [0.15, 0.2) is 0 Å². The number of aromatic nitrogens is 1. The molecule has 6 heteroatoms. The van der Waals surface area contributed by atoms with Gasteiger partial charge in [-0.15, -0.1) is 0 Å². The third kappa shape index (κ3) is 2.80. The highest BCUT2D eigenvalue weighted by atomic mass is 16.6. The zero-order valence-electron chi connectivity index (χ0n) is 14.7. The molecule has 1 atom stereocenters. The van der Waals surface area contributed by atoms with Gasteiger partial charge in [-0.05, 0) is 36.9 Å². The highest BCUT2D eigenvalue weighted by Gasteiger charge is 2.46. The molecule has 2 aliphatic rings. The first-order chi connectivity index (χ1) is 12.0. The molecule has 0 bridgehead atoms. The fourth-order valence-electron chi connectivity index (χ4n) is 4.17. The van der Waals surface area contributed by atoms with Crippen molar-refractivity contribution >= 4 is 17.0 Å². The minimum atomic E-state index is -0.424. The van der Waals surface area contributed by atoms with Crippen LogP contribution in [0.5, 0.6) is 0 Å². The van der Waals surface area contributed by atoms with Crippen LogP contribution < -0.4 is 5.56 Å². The van der Waals surface area contributed by atoms with Crippen molar-refractivity contribution in [2.24, 2.45) is 7.05 Å². The summed E-state index contributed by atoms with van der Waals surface area (Å²) in [7, 11) is 3.59. The molecule has 0 saturated carbocycles. The van der Waals surface area contributed by atoms with Crippen molar-refractivity contribution < 1.29 is 9.53 Å². The van der Waals surface area contributed by atoms with Crippen molar-refractivity contribution in [1.29, 1.82) is 0 Å². The lowest BCUT2D eigenvalue weighted by Gasteiger charge is -2.38. The number of hydrogen-bond acceptors (Lipinski definition) is 4. The van der Waals surface area contributed by atoms with Crippen molar-refractivity contribution in [2.45, 2.75) is 25.0 Å². The minimum Gasteiger partial charge on any atom is -0.440 e. The van der Waals surface area contributed by atoms with Gasteiger partial charge in [0.05, 0.1) is 12.1 Å². The van der Waals surface area contributed by atoms with E-state index < -0.39 is 5.60 Å². The van der Waals surface area contributed by atoms with E-state index in [1.165, 1.54) is 0 Å². The van der Waals surface area contributed by atoms with Crippen molar-refractivity contribution in [2.75, 3.05) is 26.7 Å². The van der Waals surface area contributed by atoms with E-state index in [1.807, 2.05) is 37.4 Å². The molecule has 132 valence electrons. The molecule has 4 rings (SSSR count). The molecule has 3 heterocycles. The molecule has 0 aliphatic carbocycles. The molecule has 6 nitrogen and oxygen atoms in total. The number of carbonyl (C=O) groups excluding carboxylic acids is 1. The Morgan fingerprint density at radius 1 is 1.16 bits per heavy atom. The van der Waals surface area contributed by atoms with Crippen LogP contribution >= 0.6 is 0 Å². The van der Waals surface area contributed by atoms with Crippen molar-refractivity contribution in [1.82, 2.24) is 14.4 Å². The molecule has 1 aromatic carbocycles. The molecular formula is C19H23N3O3. The number of likely N-dealkylation sites (N-methyl/N-ethyl adjacent to an activating group) is 1. The lowest BCUT2D eigenvalue weighted by molar-refractivity contribution is -0.0114. The van der Waals surface area contributed by atoms with Crippen molar-refractivity contribution in [3.05, 3.63) is 46.2 Å². The Kier molecular flexibility index (Phi) is 3.80. The van der Waals surface area contributed by atoms with E-state index in [0.29, 0.717) is 19.6 Å². The second-order valence-corrected chi connectivity index (χ2v) is 7.31. The van der Waals surface area contributed by atoms with Crippen LogP contribution in [0.4, 0.5) is 4.79 Å². The summed E-state index contributed by atoms with van der Waals surface area (Å²) < 4.78 is 7.37. The van der Waals surface area contributed by atoms with E-state index >= 15 is 0 Å². The molecule has 0 radical (unpaired) electrons. The topological polar surface area (TPSA) is 54.8 Å². The van der Waals surface area contributed by atoms with Crippen LogP contribution in [-0.4, -0.2) is 52.7 Å². The maximum atomic E-state index is 12.7. The minimum absolute atomic E-state index is 0.0406. The maximum Gasteiger partial charge on any atom is 0.410 e. The first kappa shape index (κ1) is 16.1. The number of nitrogens with zero attached hydrogens (tertiary/aromatic N) is 3. The smallest absolute Gasteiger partial charge is 0.410 e. The Labute approximate surface area is 146 Å². The van der Waals surface area contributed by atoms with E-state index in [0.717, 1.165) is 35.9 Å². The van der Waals surface area contributed by atoms with E-state index in [1.54, 1.807) is 16.5 Å². The van der Waals surface area contributed by atoms with Crippen LogP contribution in [0.2, 0.25) is 0 Å². The van der Waals surface area contributed by atoms with Gasteiger partial charge in [-0.2, -0.15) is 0 Å². The quantitative estimate of drug-likeness (QED) is 0.838. The fourth-order valence-corrected chi connectivity index (χ4v) is 4.17. The standard InChI is InChI=1S/C19H23N3O3/c1-20-12-19(25-18(20)24)8-5-9-22(13-19)11-15-10-14-6-3-4-7-16(14)21(2)17(15)23/h3-4,6-7,10H,5,8-9,11-13H2,1-2H3. The number of para-hydroxylation sites is 1. The number of likely N-dealkylation sites (tertiary alicyclic amines) is 1. The summed E-state index contributed by atoms with van der Waals surface area (Å²) in [5, 5.41) is 1.07. The summed E-state index contributed by atoms with van der Waals surface area (Å²) in [6.45, 7) is 2.80. The Balaban J connectivity index is 1.60. The molecule has 1 unspecified atom stereocenters. The second kappa shape index (κ2) is 5.88. The zero-order chi connectivity index (χ0) is 17.6. The summed E-state index contributed by atoms with van der Waals surface area (Å²) in [5.41, 5.74) is 1.35. The Bertz CT molecular complexity index is 891. The summed E-state index contributed by atoms with van der Waals surface area (Å²) in [5.74, 6) is 0. The number of amides is 1. The Morgan fingerprint density at radius 3 is 2.72 bits per heavy atom. The lowest BCUT2D eigenvalue weighted by Crippen LogP contribution is -2.50. The molecule has 1 spiro atoms. The number of fused-ring (bicyclic) bond motifs is 1. The van der Waals surface area contributed by atoms with E-state index in [4.69, 9.17) is 4.74 Å². The zero-order valence-corrected chi connectivity index (χ0v) is 14.7. The first-order valence-corrected chi connectivity index (χ1v) is 8.72. The van der Waals surface area contributed by atoms with Gasteiger partial charge in [-0.25, -0.2) is 4.79 Å². The molecule has 25 heavy (non-hydrogen) atoms. The van der Waals surface area contributed by atoms with Gasteiger partial charge < -0.3 is 14.2 Å². The van der Waals surface area contributed by atoms with Crippen LogP contribution in [0.3, 0.4) is 0 Å². The molecule has 0 N–H and O–H groups in total. The number of benzene rings is 1. The van der Waals surface area contributed by atoms with Gasteiger partial charge in [0.2, 0.25) is 0 Å². The van der Waals surface area contributed by atoms with Crippen molar-refractivity contribution in [3.8, 4) is 0 Å². The summed E-state index contributed by atoms with van der Waals surface area (Å²) >= 11 is 0.